The standard InChI is InChI=1S/C24H23N5O4/c25-22-20-17(9-26-23(20)29-12-28-22)21(31)19(30)10-27-24(32)33-11-18-15-7-3-1-5-13(15)14-6-2-4-8-16(14)18/h1-9,12,18-19,21,30-31H,10-11H2,(H,27,32)(H3,25,26,28,29). The number of nitrogens with two attached hydrogens (primary N) is 1. The summed E-state index contributed by atoms with van der Waals surface area (Å²) in [5, 5.41) is 23.9. The Hall–Kier alpha value is -3.95. The molecule has 4 aromatic rings. The van der Waals surface area contributed by atoms with Crippen LogP contribution in [0.25, 0.3) is 22.2 Å². The summed E-state index contributed by atoms with van der Waals surface area (Å²) >= 11 is 0. The lowest BCUT2D eigenvalue weighted by Gasteiger charge is -2.19. The van der Waals surface area contributed by atoms with Gasteiger partial charge in [-0.05, 0) is 22.3 Å². The van der Waals surface area contributed by atoms with Gasteiger partial charge in [0.1, 0.15) is 36.6 Å². The Bertz CT molecular complexity index is 1280. The number of carbonyl (C=O) groups is 1. The van der Waals surface area contributed by atoms with Gasteiger partial charge in [0.25, 0.3) is 0 Å². The molecule has 0 radical (unpaired) electrons. The van der Waals surface area contributed by atoms with E-state index in [-0.39, 0.29) is 24.9 Å². The van der Waals surface area contributed by atoms with Gasteiger partial charge in [0, 0.05) is 24.2 Å². The zero-order valence-corrected chi connectivity index (χ0v) is 17.6. The second-order valence-corrected chi connectivity index (χ2v) is 7.95. The lowest BCUT2D eigenvalue weighted by molar-refractivity contribution is 0.0194. The van der Waals surface area contributed by atoms with Gasteiger partial charge in [-0.2, -0.15) is 0 Å². The number of hydrogen-bond donors (Lipinski definition) is 5. The number of aromatic amines is 1. The molecule has 1 aliphatic carbocycles. The van der Waals surface area contributed by atoms with Crippen LogP contribution in [-0.2, 0) is 4.74 Å². The molecule has 0 saturated heterocycles. The number of hydrogen-bond acceptors (Lipinski definition) is 7. The number of carbonyl (C=O) groups excluding carboxylic acids is 1. The molecule has 0 saturated carbocycles. The van der Waals surface area contributed by atoms with E-state index in [1.807, 2.05) is 36.4 Å². The van der Waals surface area contributed by atoms with Crippen molar-refractivity contribution >= 4 is 22.9 Å². The van der Waals surface area contributed by atoms with Crippen LogP contribution in [0.3, 0.4) is 0 Å². The van der Waals surface area contributed by atoms with Crippen molar-refractivity contribution in [3.05, 3.63) is 77.7 Å². The molecule has 0 fully saturated rings. The topological polar surface area (TPSA) is 146 Å². The van der Waals surface area contributed by atoms with Crippen LogP contribution in [0, 0.1) is 0 Å². The third kappa shape index (κ3) is 3.77. The number of aliphatic hydroxyl groups excluding tert-OH is 2. The number of fused-ring (bicyclic) bond motifs is 4. The molecule has 0 bridgehead atoms. The quantitative estimate of drug-likeness (QED) is 0.306. The number of aliphatic hydroxyl groups is 2. The highest BCUT2D eigenvalue weighted by molar-refractivity contribution is 5.89. The molecule has 2 atom stereocenters. The normalized spacial score (nSPS) is 14.5. The fourth-order valence-electron chi connectivity index (χ4n) is 4.40. The Morgan fingerprint density at radius 1 is 1.09 bits per heavy atom. The van der Waals surface area contributed by atoms with Crippen molar-refractivity contribution in [2.45, 2.75) is 18.1 Å². The van der Waals surface area contributed by atoms with E-state index in [0.29, 0.717) is 16.6 Å². The van der Waals surface area contributed by atoms with Crippen molar-refractivity contribution in [3.63, 3.8) is 0 Å². The molecule has 2 aromatic heterocycles. The summed E-state index contributed by atoms with van der Waals surface area (Å²) < 4.78 is 5.46. The molecule has 33 heavy (non-hydrogen) atoms. The summed E-state index contributed by atoms with van der Waals surface area (Å²) in [6, 6.07) is 16.1. The number of benzene rings is 2. The summed E-state index contributed by atoms with van der Waals surface area (Å²) in [4.78, 5) is 23.2. The maximum absolute atomic E-state index is 12.3. The van der Waals surface area contributed by atoms with Gasteiger partial charge in [0.2, 0.25) is 0 Å². The molecular formula is C24H23N5O4. The summed E-state index contributed by atoms with van der Waals surface area (Å²) in [6.45, 7) is -0.0487. The number of ether oxygens (including phenoxy) is 1. The molecule has 2 heterocycles. The Morgan fingerprint density at radius 3 is 2.45 bits per heavy atom. The summed E-state index contributed by atoms with van der Waals surface area (Å²) in [7, 11) is 0. The Labute approximate surface area is 189 Å². The first-order valence-electron chi connectivity index (χ1n) is 10.6. The minimum atomic E-state index is -1.30. The summed E-state index contributed by atoms with van der Waals surface area (Å²) in [6.07, 6.45) is -0.453. The Kier molecular flexibility index (Phi) is 5.41. The lowest BCUT2D eigenvalue weighted by atomic mass is 9.98. The number of aromatic nitrogens is 3. The van der Waals surface area contributed by atoms with Crippen LogP contribution in [0.1, 0.15) is 28.7 Å². The largest absolute Gasteiger partial charge is 0.449 e. The van der Waals surface area contributed by atoms with E-state index < -0.39 is 18.3 Å². The van der Waals surface area contributed by atoms with E-state index in [1.54, 1.807) is 0 Å². The van der Waals surface area contributed by atoms with Crippen molar-refractivity contribution in [2.24, 2.45) is 0 Å². The number of H-pyrrole nitrogens is 1. The van der Waals surface area contributed by atoms with Gasteiger partial charge in [-0.3, -0.25) is 0 Å². The molecule has 2 unspecified atom stereocenters. The van der Waals surface area contributed by atoms with Gasteiger partial charge in [-0.1, -0.05) is 48.5 Å². The first-order chi connectivity index (χ1) is 16.0. The maximum atomic E-state index is 12.3. The van der Waals surface area contributed by atoms with E-state index in [2.05, 4.69) is 32.4 Å². The van der Waals surface area contributed by atoms with Crippen LogP contribution in [-0.4, -0.2) is 50.5 Å². The second kappa shape index (κ2) is 8.53. The maximum Gasteiger partial charge on any atom is 0.407 e. The number of nitrogen functional groups attached to an aromatic ring is 1. The molecule has 0 aliphatic heterocycles. The predicted octanol–water partition coefficient (Wildman–Crippen LogP) is 2.47. The van der Waals surface area contributed by atoms with Gasteiger partial charge in [0.05, 0.1) is 5.39 Å². The van der Waals surface area contributed by atoms with Crippen molar-refractivity contribution < 1.29 is 19.7 Å². The molecular weight excluding hydrogens is 422 g/mol. The second-order valence-electron chi connectivity index (χ2n) is 7.95. The number of anilines is 1. The first kappa shape index (κ1) is 20.9. The van der Waals surface area contributed by atoms with E-state index in [4.69, 9.17) is 10.5 Å². The van der Waals surface area contributed by atoms with Crippen LogP contribution in [0.4, 0.5) is 10.6 Å². The average Bonchev–Trinajstić information content (AvgIpc) is 3.41. The molecule has 168 valence electrons. The molecule has 9 heteroatoms. The third-order valence-corrected chi connectivity index (χ3v) is 6.01. The fourth-order valence-corrected chi connectivity index (χ4v) is 4.40. The van der Waals surface area contributed by atoms with Crippen LogP contribution < -0.4 is 11.1 Å². The van der Waals surface area contributed by atoms with E-state index >= 15 is 0 Å². The lowest BCUT2D eigenvalue weighted by Crippen LogP contribution is -2.36. The SMILES string of the molecule is Nc1ncnc2[nH]cc(C(O)C(O)CNC(=O)OCC3c4ccccc4-c4ccccc43)c12. The van der Waals surface area contributed by atoms with Gasteiger partial charge in [0.15, 0.2) is 0 Å². The molecule has 5 rings (SSSR count). The predicted molar refractivity (Wildman–Crippen MR) is 122 cm³/mol. The molecule has 0 spiro atoms. The van der Waals surface area contributed by atoms with Gasteiger partial charge < -0.3 is 31.0 Å². The number of rotatable bonds is 6. The Morgan fingerprint density at radius 2 is 1.76 bits per heavy atom. The minimum absolute atomic E-state index is 0.0622. The third-order valence-electron chi connectivity index (χ3n) is 6.01. The van der Waals surface area contributed by atoms with Crippen LogP contribution in [0.15, 0.2) is 61.1 Å². The summed E-state index contributed by atoms with van der Waals surface area (Å²) in [5.41, 5.74) is 11.2. The van der Waals surface area contributed by atoms with Crippen molar-refractivity contribution in [1.82, 2.24) is 20.3 Å². The van der Waals surface area contributed by atoms with E-state index in [0.717, 1.165) is 22.3 Å². The number of alkyl carbamates (subject to hydrolysis) is 1. The zero-order valence-electron chi connectivity index (χ0n) is 17.6. The van der Waals surface area contributed by atoms with Crippen molar-refractivity contribution in [2.75, 3.05) is 18.9 Å². The molecule has 9 nitrogen and oxygen atoms in total. The fraction of sp³-hybridized carbons (Fsp3) is 0.208. The highest BCUT2D eigenvalue weighted by Gasteiger charge is 2.29. The van der Waals surface area contributed by atoms with E-state index in [9.17, 15) is 15.0 Å². The first-order valence-corrected chi connectivity index (χ1v) is 10.6. The van der Waals surface area contributed by atoms with Gasteiger partial charge in [-0.15, -0.1) is 0 Å². The molecule has 6 N–H and O–H groups in total. The zero-order chi connectivity index (χ0) is 22.9. The summed E-state index contributed by atoms with van der Waals surface area (Å²) in [5.74, 6) is 0.125. The number of nitrogens with one attached hydrogen (secondary N) is 2. The molecule has 1 aliphatic rings. The molecule has 1 amide bonds. The van der Waals surface area contributed by atoms with Crippen molar-refractivity contribution in [3.8, 4) is 11.1 Å². The minimum Gasteiger partial charge on any atom is -0.449 e. The monoisotopic (exact) mass is 445 g/mol. The van der Waals surface area contributed by atoms with Crippen LogP contribution in [0.5, 0.6) is 0 Å². The van der Waals surface area contributed by atoms with Crippen molar-refractivity contribution in [1.29, 1.82) is 0 Å². The highest BCUT2D eigenvalue weighted by Crippen LogP contribution is 2.44. The van der Waals surface area contributed by atoms with Gasteiger partial charge >= 0.3 is 6.09 Å². The smallest absolute Gasteiger partial charge is 0.407 e. The number of nitrogens with zero attached hydrogens (tertiary/aromatic N) is 2. The van der Waals surface area contributed by atoms with Crippen LogP contribution in [0.2, 0.25) is 0 Å². The highest BCUT2D eigenvalue weighted by atomic mass is 16.5. The number of amides is 1. The molecule has 2 aromatic carbocycles. The van der Waals surface area contributed by atoms with Crippen LogP contribution >= 0.6 is 0 Å². The average molecular weight is 445 g/mol. The van der Waals surface area contributed by atoms with Gasteiger partial charge in [-0.25, -0.2) is 14.8 Å². The Balaban J connectivity index is 1.21. The van der Waals surface area contributed by atoms with E-state index in [1.165, 1.54) is 12.5 Å².